The Morgan fingerprint density at radius 3 is 2.54 bits per heavy atom. The van der Waals surface area contributed by atoms with Gasteiger partial charge >= 0.3 is 0 Å². The van der Waals surface area contributed by atoms with Crippen LogP contribution in [0.4, 0.5) is 15.3 Å². The van der Waals surface area contributed by atoms with Gasteiger partial charge in [-0.15, -0.1) is 0 Å². The van der Waals surface area contributed by atoms with E-state index < -0.39 is 10.0 Å². The summed E-state index contributed by atoms with van der Waals surface area (Å²) in [6, 6.07) is 12.2. The molecule has 1 saturated heterocycles. The number of pyridine rings is 1. The number of nitriles is 1. The second-order valence-electron chi connectivity index (χ2n) is 9.66. The van der Waals surface area contributed by atoms with Gasteiger partial charge in [0.15, 0.2) is 5.13 Å². The third-order valence-corrected chi connectivity index (χ3v) is 9.53. The largest absolute Gasteiger partial charge is 0.391 e. The molecule has 0 amide bonds. The molecule has 0 bridgehead atoms. The van der Waals surface area contributed by atoms with Crippen molar-refractivity contribution in [1.82, 2.24) is 18.7 Å². The number of sulfonamides is 1. The average Bonchev–Trinajstić information content (AvgIpc) is 3.53. The van der Waals surface area contributed by atoms with Gasteiger partial charge in [0.25, 0.3) is 0 Å². The minimum atomic E-state index is -3.20. The Balaban J connectivity index is 1.53. The fourth-order valence-electron chi connectivity index (χ4n) is 5.07. The summed E-state index contributed by atoms with van der Waals surface area (Å²) >= 11 is 1.34. The number of imidazole rings is 1. The van der Waals surface area contributed by atoms with E-state index in [4.69, 9.17) is 9.97 Å². The first-order valence-electron chi connectivity index (χ1n) is 12.6. The van der Waals surface area contributed by atoms with Crippen molar-refractivity contribution in [2.45, 2.75) is 38.2 Å². The zero-order chi connectivity index (χ0) is 27.7. The maximum absolute atomic E-state index is 13.5. The number of aromatic nitrogens is 3. The lowest BCUT2D eigenvalue weighted by molar-refractivity contribution is 0.286. The summed E-state index contributed by atoms with van der Waals surface area (Å²) in [5.74, 6) is 0.642. The van der Waals surface area contributed by atoms with Gasteiger partial charge in [-0.2, -0.15) is 5.26 Å². The maximum atomic E-state index is 13.5. The molecule has 0 atom stereocenters. The van der Waals surface area contributed by atoms with E-state index in [-0.39, 0.29) is 18.3 Å². The number of rotatable bonds is 8. The molecule has 39 heavy (non-hydrogen) atoms. The fraction of sp³-hybridized carbons (Fsp3) is 0.370. The molecule has 5 rings (SSSR count). The Labute approximate surface area is 230 Å². The summed E-state index contributed by atoms with van der Waals surface area (Å²) in [5, 5.41) is 19.9. The molecule has 1 aliphatic heterocycles. The Hall–Kier alpha value is -3.37. The van der Waals surface area contributed by atoms with E-state index in [9.17, 15) is 23.2 Å². The molecule has 9 nitrogen and oxygen atoms in total. The number of aliphatic hydroxyl groups excluding tert-OH is 1. The smallest absolute Gasteiger partial charge is 0.211 e. The number of benzene rings is 1. The molecule has 12 heteroatoms. The number of aliphatic hydroxyl groups is 1. The van der Waals surface area contributed by atoms with Gasteiger partial charge in [0.05, 0.1) is 35.2 Å². The second kappa shape index (κ2) is 11.0. The molecule has 0 radical (unpaired) electrons. The standard InChI is InChI=1S/C27H29FN6O3S2/c1-32(27-31-25(23(17-35)38-27)19-5-8-21(28)9-6-19)26-22(4-3-13-29)30-24-10-7-20(16-34(24)26)18-11-14-33(15-12-18)39(2,36)37/h5-10,16,18,35H,3-4,11-12,14-15,17H2,1-2H3. The Bertz CT molecular complexity index is 1630. The van der Waals surface area contributed by atoms with Crippen LogP contribution >= 0.6 is 11.3 Å². The Morgan fingerprint density at radius 1 is 1.18 bits per heavy atom. The van der Waals surface area contributed by atoms with Crippen molar-refractivity contribution in [2.75, 3.05) is 31.3 Å². The van der Waals surface area contributed by atoms with Gasteiger partial charge in [-0.3, -0.25) is 4.40 Å². The van der Waals surface area contributed by atoms with Gasteiger partial charge in [0.1, 0.15) is 17.3 Å². The quantitative estimate of drug-likeness (QED) is 0.334. The van der Waals surface area contributed by atoms with E-state index in [1.54, 1.807) is 12.1 Å². The first-order valence-corrected chi connectivity index (χ1v) is 15.3. The van der Waals surface area contributed by atoms with Crippen molar-refractivity contribution in [3.05, 3.63) is 64.5 Å². The SMILES string of the molecule is CN(c1nc(-c2ccc(F)cc2)c(CO)s1)c1c(CCC#N)nc2ccc(C3CCN(S(C)(=O)=O)CC3)cn12. The summed E-state index contributed by atoms with van der Waals surface area (Å²) in [6.07, 6.45) is 5.52. The molecule has 0 spiro atoms. The van der Waals surface area contributed by atoms with Crippen LogP contribution in [0.1, 0.15) is 41.3 Å². The van der Waals surface area contributed by atoms with Crippen molar-refractivity contribution >= 4 is 38.0 Å². The van der Waals surface area contributed by atoms with Crippen LogP contribution in [0.5, 0.6) is 0 Å². The molecule has 0 unspecified atom stereocenters. The Kier molecular flexibility index (Phi) is 7.68. The zero-order valence-electron chi connectivity index (χ0n) is 21.7. The molecule has 3 aromatic heterocycles. The number of aryl methyl sites for hydroxylation is 1. The molecule has 4 heterocycles. The number of fused-ring (bicyclic) bond motifs is 1. The predicted octanol–water partition coefficient (Wildman–Crippen LogP) is 4.45. The average molecular weight is 569 g/mol. The first kappa shape index (κ1) is 27.2. The van der Waals surface area contributed by atoms with E-state index >= 15 is 0 Å². The van der Waals surface area contributed by atoms with Crippen molar-refractivity contribution < 1.29 is 17.9 Å². The summed E-state index contributed by atoms with van der Waals surface area (Å²) < 4.78 is 40.9. The molecular weight excluding hydrogens is 539 g/mol. The van der Waals surface area contributed by atoms with Gasteiger partial charge in [-0.25, -0.2) is 27.1 Å². The molecule has 0 aliphatic carbocycles. The minimum Gasteiger partial charge on any atom is -0.391 e. The van der Waals surface area contributed by atoms with Crippen molar-refractivity contribution in [2.24, 2.45) is 0 Å². The summed E-state index contributed by atoms with van der Waals surface area (Å²) in [4.78, 5) is 12.2. The van der Waals surface area contributed by atoms with Crippen LogP contribution < -0.4 is 4.90 Å². The first-order chi connectivity index (χ1) is 18.7. The lowest BCUT2D eigenvalue weighted by Crippen LogP contribution is -2.37. The topological polar surface area (TPSA) is 115 Å². The van der Waals surface area contributed by atoms with E-state index in [1.807, 2.05) is 34.7 Å². The number of nitrogens with zero attached hydrogens (tertiary/aromatic N) is 6. The van der Waals surface area contributed by atoms with E-state index in [0.29, 0.717) is 47.2 Å². The molecule has 1 aromatic carbocycles. The lowest BCUT2D eigenvalue weighted by Gasteiger charge is -2.30. The fourth-order valence-corrected chi connectivity index (χ4v) is 6.85. The van der Waals surface area contributed by atoms with E-state index in [0.717, 1.165) is 35.6 Å². The number of hydrogen-bond donors (Lipinski definition) is 1. The molecule has 4 aromatic rings. The zero-order valence-corrected chi connectivity index (χ0v) is 23.3. The monoisotopic (exact) mass is 568 g/mol. The Morgan fingerprint density at radius 2 is 1.90 bits per heavy atom. The molecule has 204 valence electrons. The number of halogens is 1. The molecule has 1 aliphatic rings. The van der Waals surface area contributed by atoms with E-state index in [1.165, 1.54) is 34.0 Å². The molecule has 1 N–H and O–H groups in total. The molecule has 1 fully saturated rings. The van der Waals surface area contributed by atoms with Crippen LogP contribution in [0, 0.1) is 17.1 Å². The van der Waals surface area contributed by atoms with Gasteiger partial charge in [0.2, 0.25) is 10.0 Å². The predicted molar refractivity (Wildman–Crippen MR) is 149 cm³/mol. The number of hydrogen-bond acceptors (Lipinski definition) is 8. The lowest BCUT2D eigenvalue weighted by atomic mass is 9.91. The molecule has 0 saturated carbocycles. The minimum absolute atomic E-state index is 0.205. The van der Waals surface area contributed by atoms with Crippen LogP contribution in [0.15, 0.2) is 42.6 Å². The highest BCUT2D eigenvalue weighted by Gasteiger charge is 2.27. The van der Waals surface area contributed by atoms with Gasteiger partial charge in [0, 0.05) is 44.7 Å². The number of piperidine rings is 1. The number of thiazole rings is 1. The highest BCUT2D eigenvalue weighted by Crippen LogP contribution is 2.38. The van der Waals surface area contributed by atoms with Crippen LogP contribution in [0.3, 0.4) is 0 Å². The normalized spacial score (nSPS) is 15.1. The second-order valence-corrected chi connectivity index (χ2v) is 12.7. The van der Waals surface area contributed by atoms with Crippen molar-refractivity contribution in [3.63, 3.8) is 0 Å². The summed E-state index contributed by atoms with van der Waals surface area (Å²) in [6.45, 7) is 0.769. The van der Waals surface area contributed by atoms with Gasteiger partial charge in [-0.1, -0.05) is 17.4 Å². The molecular formula is C27H29FN6O3S2. The van der Waals surface area contributed by atoms with Crippen LogP contribution in [-0.2, 0) is 23.1 Å². The highest BCUT2D eigenvalue weighted by atomic mass is 32.2. The number of anilines is 2. The highest BCUT2D eigenvalue weighted by molar-refractivity contribution is 7.88. The third-order valence-electron chi connectivity index (χ3n) is 7.11. The van der Waals surface area contributed by atoms with Crippen molar-refractivity contribution in [1.29, 1.82) is 5.26 Å². The van der Waals surface area contributed by atoms with Gasteiger partial charge < -0.3 is 10.0 Å². The summed E-state index contributed by atoms with van der Waals surface area (Å²) in [7, 11) is -1.32. The summed E-state index contributed by atoms with van der Waals surface area (Å²) in [5.41, 5.74) is 3.89. The van der Waals surface area contributed by atoms with Crippen molar-refractivity contribution in [3.8, 4) is 17.3 Å². The van der Waals surface area contributed by atoms with Crippen LogP contribution in [-0.4, -0.2) is 58.6 Å². The maximum Gasteiger partial charge on any atom is 0.211 e. The van der Waals surface area contributed by atoms with Crippen LogP contribution in [0.2, 0.25) is 0 Å². The third kappa shape index (κ3) is 5.53. The van der Waals surface area contributed by atoms with Gasteiger partial charge in [-0.05, 0) is 54.7 Å². The van der Waals surface area contributed by atoms with Crippen LogP contribution in [0.25, 0.3) is 16.9 Å². The van der Waals surface area contributed by atoms with E-state index in [2.05, 4.69) is 6.07 Å².